The van der Waals surface area contributed by atoms with E-state index in [0.717, 1.165) is 5.56 Å². The lowest BCUT2D eigenvalue weighted by atomic mass is 10.1. The van der Waals surface area contributed by atoms with Crippen LogP contribution in [0.4, 0.5) is 13.2 Å². The molecule has 1 aliphatic rings. The van der Waals surface area contributed by atoms with Crippen molar-refractivity contribution in [2.75, 3.05) is 0 Å². The van der Waals surface area contributed by atoms with E-state index < -0.39 is 16.0 Å². The summed E-state index contributed by atoms with van der Waals surface area (Å²) in [4.78, 5) is 0.394. The van der Waals surface area contributed by atoms with Gasteiger partial charge in [0.2, 0.25) is 0 Å². The molecule has 0 radical (unpaired) electrons. The molecule has 0 amide bonds. The van der Waals surface area contributed by atoms with Crippen LogP contribution in [0, 0.1) is 6.92 Å². The van der Waals surface area contributed by atoms with Crippen molar-refractivity contribution >= 4 is 26.1 Å². The Kier molecular flexibility index (Phi) is 2.38. The Hall–Kier alpha value is -1.55. The van der Waals surface area contributed by atoms with E-state index in [1.165, 1.54) is 0 Å². The highest BCUT2D eigenvalue weighted by atomic mass is 32.2. The molecule has 1 aliphatic carbocycles. The van der Waals surface area contributed by atoms with Crippen LogP contribution in [0.25, 0.3) is 15.7 Å². The number of aryl methyl sites for hydroxylation is 1. The largest absolute Gasteiger partial charge is 0.601 e. The first-order chi connectivity index (χ1) is 8.47. The van der Waals surface area contributed by atoms with Gasteiger partial charge in [0.25, 0.3) is 0 Å². The SMILES string of the molecule is Cc1ccc2c(c1)cc(C1=CC=C1)[s+]2C(F)(F)F. The molecule has 0 fully saturated rings. The van der Waals surface area contributed by atoms with Crippen molar-refractivity contribution in [1.82, 2.24) is 0 Å². The lowest BCUT2D eigenvalue weighted by Gasteiger charge is -2.04. The number of hydrogen-bond donors (Lipinski definition) is 0. The zero-order valence-electron chi connectivity index (χ0n) is 9.58. The molecular weight excluding hydrogens is 257 g/mol. The third kappa shape index (κ3) is 1.68. The van der Waals surface area contributed by atoms with E-state index in [1.807, 2.05) is 13.0 Å². The van der Waals surface area contributed by atoms with Gasteiger partial charge in [0.1, 0.15) is 10.5 Å². The van der Waals surface area contributed by atoms with Crippen LogP contribution in [0.5, 0.6) is 0 Å². The highest BCUT2D eigenvalue weighted by Gasteiger charge is 2.48. The summed E-state index contributed by atoms with van der Waals surface area (Å²) in [5, 5.41) is 0.701. The fraction of sp³-hybridized carbons (Fsp3) is 0.143. The fourth-order valence-electron chi connectivity index (χ4n) is 2.09. The molecule has 0 spiro atoms. The second-order valence-electron chi connectivity index (χ2n) is 4.28. The molecule has 0 N–H and O–H groups in total. The maximum atomic E-state index is 13.2. The Morgan fingerprint density at radius 3 is 2.39 bits per heavy atom. The molecule has 18 heavy (non-hydrogen) atoms. The molecule has 1 heterocycles. The smallest absolute Gasteiger partial charge is 0.118 e. The van der Waals surface area contributed by atoms with E-state index in [1.54, 1.807) is 36.4 Å². The number of alkyl halides is 3. The minimum Gasteiger partial charge on any atom is -0.118 e. The fourth-order valence-corrected chi connectivity index (χ4v) is 4.00. The van der Waals surface area contributed by atoms with Crippen molar-refractivity contribution in [3.8, 4) is 0 Å². The Labute approximate surface area is 105 Å². The molecular formula is C14H10F3S+. The molecule has 0 nitrogen and oxygen atoms in total. The van der Waals surface area contributed by atoms with E-state index in [-0.39, 0.29) is 0 Å². The van der Waals surface area contributed by atoms with Crippen molar-refractivity contribution in [3.63, 3.8) is 0 Å². The zero-order chi connectivity index (χ0) is 12.9. The first-order valence-corrected chi connectivity index (χ1v) is 6.71. The van der Waals surface area contributed by atoms with Crippen LogP contribution < -0.4 is 0 Å². The molecule has 3 rings (SSSR count). The highest BCUT2D eigenvalue weighted by Crippen LogP contribution is 2.53. The minimum absolute atomic E-state index is 0.393. The van der Waals surface area contributed by atoms with Gasteiger partial charge in [-0.2, -0.15) is 0 Å². The van der Waals surface area contributed by atoms with Crippen LogP contribution in [-0.4, -0.2) is 0 Å². The number of halogens is 3. The average Bonchev–Trinajstić information content (AvgIpc) is 2.51. The third-order valence-corrected chi connectivity index (χ3v) is 5.03. The van der Waals surface area contributed by atoms with E-state index in [2.05, 4.69) is 0 Å². The number of thiophene rings is 1. The third-order valence-electron chi connectivity index (χ3n) is 2.96. The minimum atomic E-state index is -4.21. The van der Waals surface area contributed by atoms with Crippen LogP contribution in [0.2, 0.25) is 0 Å². The van der Waals surface area contributed by atoms with E-state index >= 15 is 0 Å². The van der Waals surface area contributed by atoms with Crippen molar-refractivity contribution in [3.05, 3.63) is 52.9 Å². The van der Waals surface area contributed by atoms with E-state index in [4.69, 9.17) is 0 Å². The predicted molar refractivity (Wildman–Crippen MR) is 69.6 cm³/mol. The second kappa shape index (κ2) is 3.72. The number of fused-ring (bicyclic) bond motifs is 1. The first-order valence-electron chi connectivity index (χ1n) is 5.49. The topological polar surface area (TPSA) is 0 Å². The molecule has 92 valence electrons. The molecule has 1 unspecified atom stereocenters. The normalized spacial score (nSPS) is 15.8. The van der Waals surface area contributed by atoms with Crippen LogP contribution in [-0.2, 0) is 5.51 Å². The molecule has 0 bridgehead atoms. The summed E-state index contributed by atoms with van der Waals surface area (Å²) < 4.78 is 40.1. The van der Waals surface area contributed by atoms with Gasteiger partial charge in [-0.15, -0.1) is 13.2 Å². The van der Waals surface area contributed by atoms with Gasteiger partial charge in [-0.05, 0) is 31.2 Å². The van der Waals surface area contributed by atoms with Crippen molar-refractivity contribution in [2.24, 2.45) is 0 Å². The molecule has 2 aromatic rings. The van der Waals surface area contributed by atoms with Crippen molar-refractivity contribution in [2.45, 2.75) is 12.4 Å². The molecule has 1 aromatic heterocycles. The van der Waals surface area contributed by atoms with Crippen LogP contribution in [0.15, 0.2) is 42.5 Å². The lowest BCUT2D eigenvalue weighted by Crippen LogP contribution is -1.98. The maximum absolute atomic E-state index is 13.2. The molecule has 0 saturated carbocycles. The quantitative estimate of drug-likeness (QED) is 0.613. The maximum Gasteiger partial charge on any atom is 0.601 e. The van der Waals surface area contributed by atoms with Crippen molar-refractivity contribution in [1.29, 1.82) is 0 Å². The second-order valence-corrected chi connectivity index (χ2v) is 6.24. The number of benzene rings is 1. The predicted octanol–water partition coefficient (Wildman–Crippen LogP) is 5.33. The van der Waals surface area contributed by atoms with Crippen LogP contribution in [0.1, 0.15) is 10.4 Å². The average molecular weight is 267 g/mol. The van der Waals surface area contributed by atoms with Crippen LogP contribution >= 0.6 is 10.5 Å². The number of hydrogen-bond acceptors (Lipinski definition) is 0. The lowest BCUT2D eigenvalue weighted by molar-refractivity contribution is -0.0866. The van der Waals surface area contributed by atoms with Crippen LogP contribution in [0.3, 0.4) is 0 Å². The Morgan fingerprint density at radius 2 is 1.83 bits per heavy atom. The molecule has 0 aliphatic heterocycles. The molecule has 1 atom stereocenters. The molecule has 1 aromatic carbocycles. The first kappa shape index (κ1) is 11.5. The van der Waals surface area contributed by atoms with E-state index in [9.17, 15) is 13.2 Å². The molecule has 4 heteroatoms. The summed E-state index contributed by atoms with van der Waals surface area (Å²) in [6.07, 6.45) is 5.23. The number of rotatable bonds is 1. The van der Waals surface area contributed by atoms with Gasteiger partial charge >= 0.3 is 5.51 Å². The summed E-state index contributed by atoms with van der Waals surface area (Å²) in [6, 6.07) is 6.84. The standard InChI is InChI=1S/C14H10F3S/c1-9-5-6-12-11(7-9)8-13(10-3-2-4-10)18(12)14(15,16)17/h2-8H,1H3/q+1. The summed E-state index contributed by atoms with van der Waals surface area (Å²) in [7, 11) is -1.80. The van der Waals surface area contributed by atoms with Gasteiger partial charge in [0, 0.05) is 17.0 Å². The molecule has 0 saturated heterocycles. The Bertz CT molecular complexity index is 687. The monoisotopic (exact) mass is 267 g/mol. The van der Waals surface area contributed by atoms with Gasteiger partial charge in [0.15, 0.2) is 9.58 Å². The van der Waals surface area contributed by atoms with Gasteiger partial charge < -0.3 is 0 Å². The zero-order valence-corrected chi connectivity index (χ0v) is 10.4. The number of allylic oxidation sites excluding steroid dienone is 4. The van der Waals surface area contributed by atoms with Crippen molar-refractivity contribution < 1.29 is 13.2 Å². The van der Waals surface area contributed by atoms with Gasteiger partial charge in [-0.1, -0.05) is 17.7 Å². The highest BCUT2D eigenvalue weighted by molar-refractivity contribution is 7.39. The Morgan fingerprint density at radius 1 is 1.11 bits per heavy atom. The summed E-state index contributed by atoms with van der Waals surface area (Å²) in [5.74, 6) is 0. The summed E-state index contributed by atoms with van der Waals surface area (Å²) in [5.41, 5.74) is -2.53. The van der Waals surface area contributed by atoms with Gasteiger partial charge in [-0.25, -0.2) is 0 Å². The summed E-state index contributed by atoms with van der Waals surface area (Å²) in [6.45, 7) is 1.89. The van der Waals surface area contributed by atoms with Gasteiger partial charge in [0.05, 0.1) is 0 Å². The van der Waals surface area contributed by atoms with E-state index in [0.29, 0.717) is 20.5 Å². The van der Waals surface area contributed by atoms with Gasteiger partial charge in [-0.3, -0.25) is 0 Å². The summed E-state index contributed by atoms with van der Waals surface area (Å²) >= 11 is 0. The Balaban J connectivity index is 2.34.